The molecule has 2 rings (SSSR count). The van der Waals surface area contributed by atoms with Gasteiger partial charge in [-0.05, 0) is 38.0 Å². The van der Waals surface area contributed by atoms with Crippen LogP contribution in [0.3, 0.4) is 0 Å². The molecule has 0 radical (unpaired) electrons. The van der Waals surface area contributed by atoms with Crippen LogP contribution in [-0.4, -0.2) is 17.3 Å². The molecule has 2 unspecified atom stereocenters. The number of nitrogens with two attached hydrogens (primary N) is 1. The zero-order chi connectivity index (χ0) is 10.2. The van der Waals surface area contributed by atoms with E-state index in [0.29, 0.717) is 6.54 Å². The highest BCUT2D eigenvalue weighted by Gasteiger charge is 2.53. The van der Waals surface area contributed by atoms with Gasteiger partial charge in [-0.1, -0.05) is 19.8 Å². The molecule has 2 atom stereocenters. The van der Waals surface area contributed by atoms with Gasteiger partial charge in [0.25, 0.3) is 0 Å². The third-order valence-electron chi connectivity index (χ3n) is 4.65. The van der Waals surface area contributed by atoms with Crippen LogP contribution in [0.15, 0.2) is 0 Å². The molecule has 0 aliphatic heterocycles. The molecule has 0 aromatic carbocycles. The van der Waals surface area contributed by atoms with E-state index in [-0.39, 0.29) is 5.41 Å². The van der Waals surface area contributed by atoms with E-state index in [2.05, 4.69) is 6.92 Å². The molecule has 82 valence electrons. The summed E-state index contributed by atoms with van der Waals surface area (Å²) in [5, 5.41) is 10.5. The third-order valence-corrected chi connectivity index (χ3v) is 4.65. The quantitative estimate of drug-likeness (QED) is 0.711. The minimum absolute atomic E-state index is 0.0584. The van der Waals surface area contributed by atoms with Gasteiger partial charge in [0, 0.05) is 12.0 Å². The maximum absolute atomic E-state index is 10.5. The normalized spacial score (nSPS) is 41.8. The lowest BCUT2D eigenvalue weighted by Crippen LogP contribution is -2.58. The maximum atomic E-state index is 10.5. The molecule has 2 aliphatic carbocycles. The van der Waals surface area contributed by atoms with E-state index in [4.69, 9.17) is 5.73 Å². The molecule has 2 nitrogen and oxygen atoms in total. The van der Waals surface area contributed by atoms with E-state index in [1.807, 2.05) is 0 Å². The van der Waals surface area contributed by atoms with Gasteiger partial charge in [-0.15, -0.1) is 0 Å². The van der Waals surface area contributed by atoms with Crippen LogP contribution in [0.2, 0.25) is 0 Å². The van der Waals surface area contributed by atoms with Gasteiger partial charge in [0.1, 0.15) is 0 Å². The molecule has 2 saturated carbocycles. The van der Waals surface area contributed by atoms with E-state index >= 15 is 0 Å². The van der Waals surface area contributed by atoms with Gasteiger partial charge >= 0.3 is 0 Å². The number of aliphatic hydroxyl groups is 1. The lowest BCUT2D eigenvalue weighted by Gasteiger charge is -2.55. The monoisotopic (exact) mass is 197 g/mol. The first-order valence-electron chi connectivity index (χ1n) is 6.04. The van der Waals surface area contributed by atoms with E-state index in [1.54, 1.807) is 0 Å². The van der Waals surface area contributed by atoms with Crippen LogP contribution >= 0.6 is 0 Å². The minimum atomic E-state index is -0.406. The topological polar surface area (TPSA) is 46.2 Å². The molecule has 3 N–H and O–H groups in total. The molecule has 0 aromatic heterocycles. The second-order valence-electron chi connectivity index (χ2n) is 5.57. The molecule has 2 heteroatoms. The van der Waals surface area contributed by atoms with Crippen molar-refractivity contribution in [3.05, 3.63) is 0 Å². The number of hydrogen-bond acceptors (Lipinski definition) is 2. The Bertz CT molecular complexity index is 212. The molecule has 0 aromatic rings. The first-order valence-corrected chi connectivity index (χ1v) is 6.04. The SMILES string of the molecule is CC1CCCC(CN)(C2(O)CCC2)C1. The molecule has 2 fully saturated rings. The third kappa shape index (κ3) is 1.40. The van der Waals surface area contributed by atoms with Crippen molar-refractivity contribution < 1.29 is 5.11 Å². The van der Waals surface area contributed by atoms with Crippen LogP contribution < -0.4 is 5.73 Å². The second kappa shape index (κ2) is 3.49. The first kappa shape index (κ1) is 10.4. The summed E-state index contributed by atoms with van der Waals surface area (Å²) in [4.78, 5) is 0. The largest absolute Gasteiger partial charge is 0.389 e. The van der Waals surface area contributed by atoms with Crippen molar-refractivity contribution in [2.24, 2.45) is 17.1 Å². The Hall–Kier alpha value is -0.0800. The first-order chi connectivity index (χ1) is 6.62. The van der Waals surface area contributed by atoms with Crippen molar-refractivity contribution in [3.8, 4) is 0 Å². The summed E-state index contributed by atoms with van der Waals surface area (Å²) >= 11 is 0. The second-order valence-corrected chi connectivity index (χ2v) is 5.57. The van der Waals surface area contributed by atoms with Crippen LogP contribution in [0.5, 0.6) is 0 Å². The predicted molar refractivity (Wildman–Crippen MR) is 57.9 cm³/mol. The Labute approximate surface area is 86.9 Å². The Morgan fingerprint density at radius 3 is 2.43 bits per heavy atom. The lowest BCUT2D eigenvalue weighted by atomic mass is 9.54. The predicted octanol–water partition coefficient (Wildman–Crippen LogP) is 2.06. The smallest absolute Gasteiger partial charge is 0.0715 e. The van der Waals surface area contributed by atoms with Crippen LogP contribution in [0, 0.1) is 11.3 Å². The highest BCUT2D eigenvalue weighted by Crippen LogP contribution is 2.54. The van der Waals surface area contributed by atoms with Crippen molar-refractivity contribution in [1.29, 1.82) is 0 Å². The highest BCUT2D eigenvalue weighted by molar-refractivity contribution is 5.06. The molecular weight excluding hydrogens is 174 g/mol. The highest BCUT2D eigenvalue weighted by atomic mass is 16.3. The van der Waals surface area contributed by atoms with Gasteiger partial charge in [0.15, 0.2) is 0 Å². The van der Waals surface area contributed by atoms with E-state index in [1.165, 1.54) is 19.3 Å². The van der Waals surface area contributed by atoms with Gasteiger partial charge in [-0.3, -0.25) is 0 Å². The summed E-state index contributed by atoms with van der Waals surface area (Å²) in [6.07, 6.45) is 8.00. The molecule has 2 aliphatic rings. The summed E-state index contributed by atoms with van der Waals surface area (Å²) < 4.78 is 0. The summed E-state index contributed by atoms with van der Waals surface area (Å²) in [5.74, 6) is 0.747. The van der Waals surface area contributed by atoms with E-state index < -0.39 is 5.60 Å². The average Bonchev–Trinajstić information content (AvgIpc) is 2.14. The molecule has 0 amide bonds. The summed E-state index contributed by atoms with van der Waals surface area (Å²) in [7, 11) is 0. The summed E-state index contributed by atoms with van der Waals surface area (Å²) in [5.41, 5.74) is 5.59. The Balaban J connectivity index is 2.15. The van der Waals surface area contributed by atoms with Gasteiger partial charge in [-0.2, -0.15) is 0 Å². The van der Waals surface area contributed by atoms with Gasteiger partial charge in [-0.25, -0.2) is 0 Å². The fourth-order valence-corrected chi connectivity index (χ4v) is 3.50. The molecule has 14 heavy (non-hydrogen) atoms. The zero-order valence-electron chi connectivity index (χ0n) is 9.26. The number of rotatable bonds is 2. The van der Waals surface area contributed by atoms with Gasteiger partial charge < -0.3 is 10.8 Å². The van der Waals surface area contributed by atoms with Crippen molar-refractivity contribution in [3.63, 3.8) is 0 Å². The van der Waals surface area contributed by atoms with E-state index in [9.17, 15) is 5.11 Å². The fraction of sp³-hybridized carbons (Fsp3) is 1.00. The standard InChI is InChI=1S/C12H23NO/c1-10-4-2-5-11(8-10,9-13)12(14)6-3-7-12/h10,14H,2-9,13H2,1H3. The van der Waals surface area contributed by atoms with Crippen molar-refractivity contribution >= 4 is 0 Å². The number of hydrogen-bond donors (Lipinski definition) is 2. The van der Waals surface area contributed by atoms with E-state index in [0.717, 1.165) is 31.6 Å². The molecule has 0 saturated heterocycles. The maximum Gasteiger partial charge on any atom is 0.0715 e. The summed E-state index contributed by atoms with van der Waals surface area (Å²) in [6.45, 7) is 2.97. The molecule has 0 bridgehead atoms. The van der Waals surface area contributed by atoms with Gasteiger partial charge in [0.05, 0.1) is 5.60 Å². The fourth-order valence-electron chi connectivity index (χ4n) is 3.50. The van der Waals surface area contributed by atoms with Crippen LogP contribution in [0.1, 0.15) is 51.9 Å². The van der Waals surface area contributed by atoms with Gasteiger partial charge in [0.2, 0.25) is 0 Å². The average molecular weight is 197 g/mol. The Morgan fingerprint density at radius 2 is 2.00 bits per heavy atom. The van der Waals surface area contributed by atoms with Crippen LogP contribution in [-0.2, 0) is 0 Å². The van der Waals surface area contributed by atoms with Crippen molar-refractivity contribution in [1.82, 2.24) is 0 Å². The lowest BCUT2D eigenvalue weighted by molar-refractivity contribution is -0.156. The Kier molecular flexibility index (Phi) is 2.61. The minimum Gasteiger partial charge on any atom is -0.389 e. The molecule has 0 heterocycles. The molecule has 0 spiro atoms. The zero-order valence-corrected chi connectivity index (χ0v) is 9.26. The van der Waals surface area contributed by atoms with Crippen molar-refractivity contribution in [2.45, 2.75) is 57.5 Å². The summed E-state index contributed by atoms with van der Waals surface area (Å²) in [6, 6.07) is 0. The van der Waals surface area contributed by atoms with Crippen molar-refractivity contribution in [2.75, 3.05) is 6.54 Å². The Morgan fingerprint density at radius 1 is 1.29 bits per heavy atom. The molecular formula is C12H23NO. The van der Waals surface area contributed by atoms with Crippen LogP contribution in [0.25, 0.3) is 0 Å². The van der Waals surface area contributed by atoms with Crippen LogP contribution in [0.4, 0.5) is 0 Å².